The number of carbonyl (C=O) groups excluding carboxylic acids is 1. The molecule has 0 aliphatic rings. The van der Waals surface area contributed by atoms with Crippen LogP contribution in [0.25, 0.3) is 0 Å². The van der Waals surface area contributed by atoms with Crippen LogP contribution >= 0.6 is 11.8 Å². The molecule has 138 valence electrons. The molecule has 3 aromatic rings. The van der Waals surface area contributed by atoms with Gasteiger partial charge in [-0.25, -0.2) is 0 Å². The lowest BCUT2D eigenvalue weighted by atomic mass is 10.2. The van der Waals surface area contributed by atoms with E-state index in [-0.39, 0.29) is 17.2 Å². The maximum atomic E-state index is 12.3. The van der Waals surface area contributed by atoms with Gasteiger partial charge in [0.25, 0.3) is 11.6 Å². The summed E-state index contributed by atoms with van der Waals surface area (Å²) in [6.45, 7) is 0.388. The first-order chi connectivity index (χ1) is 13.0. The second-order valence-electron chi connectivity index (χ2n) is 5.59. The summed E-state index contributed by atoms with van der Waals surface area (Å²) in [7, 11) is 1.75. The van der Waals surface area contributed by atoms with Crippen LogP contribution in [0, 0.1) is 10.1 Å². The molecular weight excluding hydrogens is 368 g/mol. The Morgan fingerprint density at radius 3 is 2.85 bits per heavy atom. The first-order valence-corrected chi connectivity index (χ1v) is 8.84. The SMILES string of the molecule is Cn1cnnc1Sc1ccc(C(=O)NCCc2ccccn2)cc1[N+](=O)[O-]. The molecule has 0 aliphatic heterocycles. The van der Waals surface area contributed by atoms with Gasteiger partial charge in [-0.1, -0.05) is 6.07 Å². The Labute approximate surface area is 159 Å². The van der Waals surface area contributed by atoms with Crippen LogP contribution in [-0.4, -0.2) is 37.1 Å². The van der Waals surface area contributed by atoms with Gasteiger partial charge in [0.2, 0.25) is 0 Å². The topological polar surface area (TPSA) is 116 Å². The van der Waals surface area contributed by atoms with Gasteiger partial charge < -0.3 is 9.88 Å². The number of nitrogens with zero attached hydrogens (tertiary/aromatic N) is 5. The summed E-state index contributed by atoms with van der Waals surface area (Å²) in [6.07, 6.45) is 3.78. The zero-order chi connectivity index (χ0) is 19.2. The highest BCUT2D eigenvalue weighted by Crippen LogP contribution is 2.34. The third kappa shape index (κ3) is 4.67. The molecule has 0 bridgehead atoms. The predicted molar refractivity (Wildman–Crippen MR) is 98.5 cm³/mol. The molecule has 0 saturated heterocycles. The number of aryl methyl sites for hydroxylation is 1. The fraction of sp³-hybridized carbons (Fsp3) is 0.176. The molecule has 1 amide bonds. The Hall–Kier alpha value is -3.27. The average molecular weight is 384 g/mol. The third-order valence-electron chi connectivity index (χ3n) is 3.68. The molecular formula is C17H16N6O3S. The van der Waals surface area contributed by atoms with Crippen molar-refractivity contribution in [3.63, 3.8) is 0 Å². The zero-order valence-electron chi connectivity index (χ0n) is 14.4. The van der Waals surface area contributed by atoms with Crippen LogP contribution in [-0.2, 0) is 13.5 Å². The molecule has 3 rings (SSSR count). The van der Waals surface area contributed by atoms with Crippen molar-refractivity contribution in [2.24, 2.45) is 7.05 Å². The van der Waals surface area contributed by atoms with Crippen LogP contribution in [0.2, 0.25) is 0 Å². The van der Waals surface area contributed by atoms with E-state index in [1.54, 1.807) is 29.9 Å². The van der Waals surface area contributed by atoms with Gasteiger partial charge in [0.1, 0.15) is 6.33 Å². The molecule has 2 heterocycles. The normalized spacial score (nSPS) is 10.6. The van der Waals surface area contributed by atoms with E-state index >= 15 is 0 Å². The minimum Gasteiger partial charge on any atom is -0.352 e. The molecule has 0 spiro atoms. The van der Waals surface area contributed by atoms with Crippen LogP contribution in [0.5, 0.6) is 0 Å². The first kappa shape index (κ1) is 18.5. The summed E-state index contributed by atoms with van der Waals surface area (Å²) < 4.78 is 1.66. The Bertz CT molecular complexity index is 960. The van der Waals surface area contributed by atoms with E-state index < -0.39 is 4.92 Å². The fourth-order valence-corrected chi connectivity index (χ4v) is 3.15. The third-order valence-corrected chi connectivity index (χ3v) is 4.80. The maximum Gasteiger partial charge on any atom is 0.284 e. The minimum atomic E-state index is -0.511. The average Bonchev–Trinajstić information content (AvgIpc) is 3.07. The van der Waals surface area contributed by atoms with Gasteiger partial charge >= 0.3 is 0 Å². The number of pyridine rings is 1. The summed E-state index contributed by atoms with van der Waals surface area (Å²) >= 11 is 1.12. The first-order valence-electron chi connectivity index (χ1n) is 8.03. The monoisotopic (exact) mass is 384 g/mol. The highest BCUT2D eigenvalue weighted by atomic mass is 32.2. The number of hydrogen-bond donors (Lipinski definition) is 1. The van der Waals surface area contributed by atoms with Crippen LogP contribution in [0.3, 0.4) is 0 Å². The van der Waals surface area contributed by atoms with Crippen molar-refractivity contribution in [1.29, 1.82) is 0 Å². The lowest BCUT2D eigenvalue weighted by molar-refractivity contribution is -0.387. The van der Waals surface area contributed by atoms with Crippen molar-refractivity contribution in [1.82, 2.24) is 25.1 Å². The fourth-order valence-electron chi connectivity index (χ4n) is 2.30. The van der Waals surface area contributed by atoms with Crippen molar-refractivity contribution in [2.45, 2.75) is 16.5 Å². The van der Waals surface area contributed by atoms with Gasteiger partial charge in [0, 0.05) is 43.5 Å². The number of nitro benzene ring substituents is 1. The molecule has 0 aliphatic carbocycles. The van der Waals surface area contributed by atoms with Gasteiger partial charge in [0.05, 0.1) is 9.82 Å². The van der Waals surface area contributed by atoms with Crippen LogP contribution in [0.4, 0.5) is 5.69 Å². The number of nitro groups is 1. The van der Waals surface area contributed by atoms with Gasteiger partial charge in [0.15, 0.2) is 5.16 Å². The number of benzene rings is 1. The number of amides is 1. The van der Waals surface area contributed by atoms with Crippen molar-refractivity contribution >= 4 is 23.4 Å². The molecule has 2 aromatic heterocycles. The van der Waals surface area contributed by atoms with Gasteiger partial charge in [-0.2, -0.15) is 0 Å². The summed E-state index contributed by atoms with van der Waals surface area (Å²) in [5.41, 5.74) is 0.935. The highest BCUT2D eigenvalue weighted by Gasteiger charge is 2.20. The predicted octanol–water partition coefficient (Wildman–Crippen LogP) is 2.24. The number of rotatable bonds is 7. The van der Waals surface area contributed by atoms with Crippen molar-refractivity contribution in [3.05, 3.63) is 70.3 Å². The number of hydrogen-bond acceptors (Lipinski definition) is 7. The van der Waals surface area contributed by atoms with E-state index in [1.807, 2.05) is 18.2 Å². The molecule has 1 aromatic carbocycles. The van der Waals surface area contributed by atoms with Crippen LogP contribution in [0.15, 0.2) is 59.0 Å². The van der Waals surface area contributed by atoms with E-state index in [2.05, 4.69) is 20.5 Å². The molecule has 0 radical (unpaired) electrons. The molecule has 0 saturated carbocycles. The molecule has 0 fully saturated rings. The van der Waals surface area contributed by atoms with E-state index in [0.29, 0.717) is 23.0 Å². The van der Waals surface area contributed by atoms with Crippen molar-refractivity contribution in [2.75, 3.05) is 6.54 Å². The second-order valence-corrected chi connectivity index (χ2v) is 6.60. The smallest absolute Gasteiger partial charge is 0.284 e. The minimum absolute atomic E-state index is 0.152. The van der Waals surface area contributed by atoms with E-state index in [9.17, 15) is 14.9 Å². The highest BCUT2D eigenvalue weighted by molar-refractivity contribution is 7.99. The van der Waals surface area contributed by atoms with E-state index in [0.717, 1.165) is 17.5 Å². The Balaban J connectivity index is 1.70. The Morgan fingerprint density at radius 1 is 1.33 bits per heavy atom. The largest absolute Gasteiger partial charge is 0.352 e. The number of aromatic nitrogens is 4. The molecule has 0 atom stereocenters. The maximum absolute atomic E-state index is 12.3. The Kier molecular flexibility index (Phi) is 5.77. The number of nitrogens with one attached hydrogen (secondary N) is 1. The van der Waals surface area contributed by atoms with Gasteiger partial charge in [-0.05, 0) is 36.0 Å². The van der Waals surface area contributed by atoms with E-state index in [4.69, 9.17) is 0 Å². The second kappa shape index (κ2) is 8.41. The van der Waals surface area contributed by atoms with Crippen molar-refractivity contribution < 1.29 is 9.72 Å². The summed E-state index contributed by atoms with van der Waals surface area (Å²) in [4.78, 5) is 27.8. The quantitative estimate of drug-likeness (QED) is 0.490. The van der Waals surface area contributed by atoms with E-state index in [1.165, 1.54) is 12.4 Å². The zero-order valence-corrected chi connectivity index (χ0v) is 15.2. The molecule has 10 heteroatoms. The molecule has 1 N–H and O–H groups in total. The van der Waals surface area contributed by atoms with Crippen LogP contribution < -0.4 is 5.32 Å². The van der Waals surface area contributed by atoms with Gasteiger partial charge in [-0.15, -0.1) is 10.2 Å². The molecule has 27 heavy (non-hydrogen) atoms. The summed E-state index contributed by atoms with van der Waals surface area (Å²) in [5, 5.41) is 22.3. The lowest BCUT2D eigenvalue weighted by Gasteiger charge is -2.07. The lowest BCUT2D eigenvalue weighted by Crippen LogP contribution is -2.26. The Morgan fingerprint density at radius 2 is 2.19 bits per heavy atom. The summed E-state index contributed by atoms with van der Waals surface area (Å²) in [5.74, 6) is -0.371. The number of carbonyl (C=O) groups is 1. The van der Waals surface area contributed by atoms with Crippen molar-refractivity contribution in [3.8, 4) is 0 Å². The van der Waals surface area contributed by atoms with Crippen LogP contribution in [0.1, 0.15) is 16.1 Å². The summed E-state index contributed by atoms with van der Waals surface area (Å²) in [6, 6.07) is 9.94. The molecule has 0 unspecified atom stereocenters. The standard InChI is InChI=1S/C17H16N6O3S/c1-22-11-20-21-17(22)27-15-6-5-12(10-14(15)23(25)26)16(24)19-9-7-13-4-2-3-8-18-13/h2-6,8,10-11H,7,9H2,1H3,(H,19,24). The molecule has 9 nitrogen and oxygen atoms in total. The van der Waals surface area contributed by atoms with Gasteiger partial charge in [-0.3, -0.25) is 19.9 Å².